The SMILES string of the molecule is CCNC(=O)c1cc(Br)cc(Br)c1NC(=O)c1cc(C(F)(F)F)nn1/C(N)=C(/C)Cl. The van der Waals surface area contributed by atoms with E-state index in [0.717, 1.165) is 0 Å². The minimum atomic E-state index is -4.81. The van der Waals surface area contributed by atoms with Gasteiger partial charge >= 0.3 is 6.18 Å². The molecule has 2 aromatic rings. The predicted octanol–water partition coefficient (Wildman–Crippen LogP) is 4.77. The standard InChI is InChI=1S/C17H15Br2ClF3N5O2/c1-3-25-15(29)9-4-8(18)5-10(19)13(9)26-16(30)11-6-12(17(21,22)23)27-28(11)14(24)7(2)20/h4-6H,3,24H2,1-2H3,(H,25,29)(H,26,30)/b14-7-. The quantitative estimate of drug-likeness (QED) is 0.480. The Kier molecular flexibility index (Phi) is 7.59. The van der Waals surface area contributed by atoms with Gasteiger partial charge in [-0.25, -0.2) is 4.68 Å². The molecular weight excluding hydrogens is 558 g/mol. The molecule has 2 amide bonds. The number of allylic oxidation sites excluding steroid dienone is 1. The second kappa shape index (κ2) is 9.40. The summed E-state index contributed by atoms with van der Waals surface area (Å²) in [6.45, 7) is 3.38. The Morgan fingerprint density at radius 1 is 1.23 bits per heavy atom. The number of rotatable bonds is 5. The second-order valence-corrected chi connectivity index (χ2v) is 8.20. The molecule has 7 nitrogen and oxygen atoms in total. The Bertz CT molecular complexity index is 1030. The average Bonchev–Trinajstić information content (AvgIpc) is 3.08. The Labute approximate surface area is 191 Å². The molecule has 162 valence electrons. The fraction of sp³-hybridized carbons (Fsp3) is 0.235. The summed E-state index contributed by atoms with van der Waals surface area (Å²) in [7, 11) is 0. The van der Waals surface area contributed by atoms with Crippen LogP contribution < -0.4 is 16.4 Å². The molecule has 0 fully saturated rings. The van der Waals surface area contributed by atoms with E-state index in [1.54, 1.807) is 13.0 Å². The molecule has 0 unspecified atom stereocenters. The van der Waals surface area contributed by atoms with E-state index in [1.807, 2.05) is 0 Å². The van der Waals surface area contributed by atoms with Crippen LogP contribution in [0, 0.1) is 0 Å². The van der Waals surface area contributed by atoms with E-state index in [2.05, 4.69) is 47.6 Å². The summed E-state index contributed by atoms with van der Waals surface area (Å²) in [6.07, 6.45) is -4.81. The summed E-state index contributed by atoms with van der Waals surface area (Å²) in [4.78, 5) is 25.2. The van der Waals surface area contributed by atoms with Crippen LogP contribution in [0.4, 0.5) is 18.9 Å². The van der Waals surface area contributed by atoms with E-state index in [1.165, 1.54) is 13.0 Å². The van der Waals surface area contributed by atoms with Gasteiger partial charge in [-0.15, -0.1) is 0 Å². The number of amides is 2. The number of nitrogens with one attached hydrogen (secondary N) is 2. The van der Waals surface area contributed by atoms with Gasteiger partial charge in [0.15, 0.2) is 5.69 Å². The monoisotopic (exact) mass is 571 g/mol. The van der Waals surface area contributed by atoms with Gasteiger partial charge in [0.05, 0.1) is 16.3 Å². The van der Waals surface area contributed by atoms with Crippen LogP contribution in [-0.2, 0) is 6.18 Å². The number of hydrogen-bond donors (Lipinski definition) is 3. The minimum absolute atomic E-state index is 0.0561. The summed E-state index contributed by atoms with van der Waals surface area (Å²) < 4.78 is 40.9. The molecule has 0 saturated carbocycles. The highest BCUT2D eigenvalue weighted by Crippen LogP contribution is 2.33. The largest absolute Gasteiger partial charge is 0.435 e. The third-order valence-corrected chi connectivity index (χ3v) is 4.97. The highest BCUT2D eigenvalue weighted by Gasteiger charge is 2.36. The molecule has 2 rings (SSSR count). The number of benzene rings is 1. The van der Waals surface area contributed by atoms with Crippen LogP contribution in [0.5, 0.6) is 0 Å². The summed E-state index contributed by atoms with van der Waals surface area (Å²) in [5, 5.41) is 8.33. The van der Waals surface area contributed by atoms with Gasteiger partial charge in [-0.1, -0.05) is 27.5 Å². The molecule has 0 radical (unpaired) electrons. The molecule has 0 spiro atoms. The van der Waals surface area contributed by atoms with Crippen LogP contribution >= 0.6 is 43.5 Å². The molecule has 0 aliphatic rings. The third-order valence-electron chi connectivity index (χ3n) is 3.69. The average molecular weight is 574 g/mol. The Morgan fingerprint density at radius 3 is 2.40 bits per heavy atom. The van der Waals surface area contributed by atoms with Gasteiger partial charge in [0.25, 0.3) is 11.8 Å². The number of anilines is 1. The van der Waals surface area contributed by atoms with E-state index in [4.69, 9.17) is 17.3 Å². The van der Waals surface area contributed by atoms with Crippen LogP contribution in [0.15, 0.2) is 32.2 Å². The van der Waals surface area contributed by atoms with Crippen molar-refractivity contribution in [2.75, 3.05) is 11.9 Å². The summed E-state index contributed by atoms with van der Waals surface area (Å²) in [6, 6.07) is 3.56. The first-order chi connectivity index (χ1) is 13.9. The van der Waals surface area contributed by atoms with Crippen LogP contribution in [0.1, 0.15) is 40.4 Å². The van der Waals surface area contributed by atoms with Gasteiger partial charge in [0, 0.05) is 21.6 Å². The van der Waals surface area contributed by atoms with Crippen LogP contribution in [0.3, 0.4) is 0 Å². The predicted molar refractivity (Wildman–Crippen MR) is 114 cm³/mol. The summed E-state index contributed by atoms with van der Waals surface area (Å²) in [5.74, 6) is -1.82. The van der Waals surface area contributed by atoms with Gasteiger partial charge in [0.2, 0.25) is 0 Å². The molecule has 1 heterocycles. The fourth-order valence-electron chi connectivity index (χ4n) is 2.32. The van der Waals surface area contributed by atoms with Crippen molar-refractivity contribution >= 4 is 66.8 Å². The lowest BCUT2D eigenvalue weighted by Crippen LogP contribution is -2.26. The number of alkyl halides is 3. The molecular formula is C17H15Br2ClF3N5O2. The first kappa shape index (κ1) is 24.2. The number of hydrogen-bond acceptors (Lipinski definition) is 4. The Hall–Kier alpha value is -2.05. The van der Waals surface area contributed by atoms with Crippen molar-refractivity contribution in [2.45, 2.75) is 20.0 Å². The van der Waals surface area contributed by atoms with E-state index >= 15 is 0 Å². The highest BCUT2D eigenvalue weighted by molar-refractivity contribution is 9.11. The molecule has 4 N–H and O–H groups in total. The van der Waals surface area contributed by atoms with Crippen molar-refractivity contribution < 1.29 is 22.8 Å². The van der Waals surface area contributed by atoms with Gasteiger partial charge < -0.3 is 16.4 Å². The maximum atomic E-state index is 13.1. The summed E-state index contributed by atoms with van der Waals surface area (Å²) >= 11 is 12.3. The van der Waals surface area contributed by atoms with Gasteiger partial charge in [-0.3, -0.25) is 9.59 Å². The molecule has 0 saturated heterocycles. The number of aromatic nitrogens is 2. The van der Waals surface area contributed by atoms with Crippen molar-refractivity contribution in [3.05, 3.63) is 49.1 Å². The molecule has 1 aromatic heterocycles. The second-order valence-electron chi connectivity index (χ2n) is 5.87. The van der Waals surface area contributed by atoms with E-state index in [9.17, 15) is 22.8 Å². The maximum Gasteiger partial charge on any atom is 0.435 e. The Balaban J connectivity index is 2.57. The third kappa shape index (κ3) is 5.35. The topological polar surface area (TPSA) is 102 Å². The van der Waals surface area contributed by atoms with Crippen molar-refractivity contribution in [1.82, 2.24) is 15.1 Å². The molecule has 13 heteroatoms. The van der Waals surface area contributed by atoms with E-state index in [-0.39, 0.29) is 22.1 Å². The molecule has 0 bridgehead atoms. The fourth-order valence-corrected chi connectivity index (χ4v) is 3.73. The summed E-state index contributed by atoms with van der Waals surface area (Å²) in [5.41, 5.74) is 4.02. The lowest BCUT2D eigenvalue weighted by molar-refractivity contribution is -0.141. The molecule has 1 aromatic carbocycles. The molecule has 30 heavy (non-hydrogen) atoms. The van der Waals surface area contributed by atoms with Crippen LogP contribution in [0.2, 0.25) is 0 Å². The number of nitrogens with zero attached hydrogens (tertiary/aromatic N) is 2. The molecule has 0 aliphatic heterocycles. The zero-order valence-corrected chi connectivity index (χ0v) is 19.4. The van der Waals surface area contributed by atoms with Crippen molar-refractivity contribution in [3.8, 4) is 0 Å². The van der Waals surface area contributed by atoms with Crippen molar-refractivity contribution in [1.29, 1.82) is 0 Å². The van der Waals surface area contributed by atoms with E-state index < -0.39 is 29.4 Å². The zero-order chi connectivity index (χ0) is 22.8. The first-order valence-electron chi connectivity index (χ1n) is 8.24. The van der Waals surface area contributed by atoms with Crippen molar-refractivity contribution in [2.24, 2.45) is 5.73 Å². The first-order valence-corrected chi connectivity index (χ1v) is 10.2. The van der Waals surface area contributed by atoms with Gasteiger partial charge in [-0.2, -0.15) is 18.3 Å². The normalized spacial score (nSPS) is 12.4. The van der Waals surface area contributed by atoms with Crippen LogP contribution in [-0.4, -0.2) is 28.1 Å². The minimum Gasteiger partial charge on any atom is -0.383 e. The van der Waals surface area contributed by atoms with Crippen LogP contribution in [0.25, 0.3) is 5.82 Å². The Morgan fingerprint density at radius 2 is 1.87 bits per heavy atom. The number of carbonyl (C=O) groups excluding carboxylic acids is 2. The lowest BCUT2D eigenvalue weighted by Gasteiger charge is -2.14. The van der Waals surface area contributed by atoms with Crippen molar-refractivity contribution in [3.63, 3.8) is 0 Å². The van der Waals surface area contributed by atoms with Gasteiger partial charge in [-0.05, 0) is 41.9 Å². The lowest BCUT2D eigenvalue weighted by atomic mass is 10.1. The number of nitrogens with two attached hydrogens (primary N) is 1. The smallest absolute Gasteiger partial charge is 0.383 e. The highest BCUT2D eigenvalue weighted by atomic mass is 79.9. The number of carbonyl (C=O) groups is 2. The molecule has 0 aliphatic carbocycles. The zero-order valence-electron chi connectivity index (χ0n) is 15.5. The van der Waals surface area contributed by atoms with E-state index in [0.29, 0.717) is 26.2 Å². The molecule has 0 atom stereocenters. The number of halogens is 6. The van der Waals surface area contributed by atoms with Gasteiger partial charge in [0.1, 0.15) is 11.5 Å². The maximum absolute atomic E-state index is 13.1.